The Labute approximate surface area is 126 Å². The summed E-state index contributed by atoms with van der Waals surface area (Å²) in [7, 11) is -3.40. The van der Waals surface area contributed by atoms with Crippen molar-refractivity contribution in [3.8, 4) is 0 Å². The molecule has 1 saturated heterocycles. The van der Waals surface area contributed by atoms with Crippen LogP contribution in [0.1, 0.15) is 30.1 Å². The normalized spacial score (nSPS) is 16.5. The van der Waals surface area contributed by atoms with Crippen molar-refractivity contribution < 1.29 is 13.2 Å². The quantitative estimate of drug-likeness (QED) is 0.910. The van der Waals surface area contributed by atoms with E-state index < -0.39 is 9.84 Å². The van der Waals surface area contributed by atoms with Crippen molar-refractivity contribution >= 4 is 15.7 Å². The van der Waals surface area contributed by atoms with Crippen molar-refractivity contribution in [2.75, 3.05) is 31.9 Å². The van der Waals surface area contributed by atoms with Crippen molar-refractivity contribution in [2.24, 2.45) is 0 Å². The van der Waals surface area contributed by atoms with Gasteiger partial charge in [0.2, 0.25) is 0 Å². The van der Waals surface area contributed by atoms with Gasteiger partial charge >= 0.3 is 0 Å². The summed E-state index contributed by atoms with van der Waals surface area (Å²) in [6, 6.07) is 6.54. The fourth-order valence-corrected chi connectivity index (χ4v) is 4.05. The van der Waals surface area contributed by atoms with E-state index in [9.17, 15) is 13.2 Å². The number of sulfone groups is 1. The number of amides is 1. The minimum absolute atomic E-state index is 0.0683. The van der Waals surface area contributed by atoms with Gasteiger partial charge in [-0.15, -0.1) is 0 Å². The molecule has 0 aromatic heterocycles. The first kappa shape index (κ1) is 16.0. The third kappa shape index (κ3) is 3.83. The van der Waals surface area contributed by atoms with Gasteiger partial charge in [0.1, 0.15) is 0 Å². The summed E-state index contributed by atoms with van der Waals surface area (Å²) >= 11 is 0. The summed E-state index contributed by atoms with van der Waals surface area (Å²) in [5, 5.41) is 3.24. The first-order chi connectivity index (χ1) is 10.1. The molecular weight excluding hydrogens is 288 g/mol. The molecule has 0 bridgehead atoms. The Morgan fingerprint density at radius 1 is 1.24 bits per heavy atom. The Morgan fingerprint density at radius 3 is 2.76 bits per heavy atom. The molecule has 1 heterocycles. The summed E-state index contributed by atoms with van der Waals surface area (Å²) < 4.78 is 24.7. The van der Waals surface area contributed by atoms with E-state index in [1.165, 1.54) is 6.07 Å². The van der Waals surface area contributed by atoms with Crippen LogP contribution < -0.4 is 5.32 Å². The fourth-order valence-electron chi connectivity index (χ4n) is 2.51. The van der Waals surface area contributed by atoms with Gasteiger partial charge < -0.3 is 10.2 Å². The average molecular weight is 310 g/mol. The molecule has 0 atom stereocenters. The Bertz CT molecular complexity index is 591. The molecule has 21 heavy (non-hydrogen) atoms. The minimum Gasteiger partial charge on any atom is -0.337 e. The molecule has 2 rings (SSSR count). The number of hydrogen-bond acceptors (Lipinski definition) is 4. The lowest BCUT2D eigenvalue weighted by Crippen LogP contribution is -2.35. The number of nitrogens with one attached hydrogen (secondary N) is 1. The molecule has 1 aromatic carbocycles. The van der Waals surface area contributed by atoms with Gasteiger partial charge in [-0.25, -0.2) is 8.42 Å². The molecule has 1 N–H and O–H groups in total. The maximum atomic E-state index is 12.7. The van der Waals surface area contributed by atoms with Crippen LogP contribution in [0, 0.1) is 0 Å². The second-order valence-corrected chi connectivity index (χ2v) is 7.29. The molecule has 0 aliphatic carbocycles. The summed E-state index contributed by atoms with van der Waals surface area (Å²) in [6.07, 6.45) is 1.42. The standard InChI is InChI=1S/C15H22N2O3S/c1-2-12-21(19,20)14-7-4-3-6-13(14)15(18)17-10-5-8-16-9-11-17/h3-4,6-7,16H,2,5,8-12H2,1H3. The van der Waals surface area contributed by atoms with Crippen LogP contribution in [0.25, 0.3) is 0 Å². The topological polar surface area (TPSA) is 66.5 Å². The Morgan fingerprint density at radius 2 is 2.00 bits per heavy atom. The highest BCUT2D eigenvalue weighted by atomic mass is 32.2. The van der Waals surface area contributed by atoms with Gasteiger partial charge in [-0.05, 0) is 31.5 Å². The van der Waals surface area contributed by atoms with E-state index in [0.29, 0.717) is 25.1 Å². The number of carbonyl (C=O) groups excluding carboxylic acids is 1. The van der Waals surface area contributed by atoms with Crippen LogP contribution in [0.5, 0.6) is 0 Å². The monoisotopic (exact) mass is 310 g/mol. The molecule has 0 unspecified atom stereocenters. The molecule has 116 valence electrons. The third-order valence-corrected chi connectivity index (χ3v) is 5.52. The summed E-state index contributed by atoms with van der Waals surface area (Å²) in [5.74, 6) is -0.118. The smallest absolute Gasteiger partial charge is 0.255 e. The van der Waals surface area contributed by atoms with E-state index in [1.807, 2.05) is 6.92 Å². The summed E-state index contributed by atoms with van der Waals surface area (Å²) in [5.41, 5.74) is 0.299. The number of benzene rings is 1. The molecule has 1 fully saturated rings. The predicted octanol–water partition coefficient (Wildman–Crippen LogP) is 1.31. The second-order valence-electron chi connectivity index (χ2n) is 5.21. The number of carbonyl (C=O) groups is 1. The Hall–Kier alpha value is -1.40. The summed E-state index contributed by atoms with van der Waals surface area (Å²) in [6.45, 7) is 4.73. The van der Waals surface area contributed by atoms with Crippen LogP contribution in [0.15, 0.2) is 29.2 Å². The van der Waals surface area contributed by atoms with Crippen LogP contribution in [0.4, 0.5) is 0 Å². The number of rotatable bonds is 4. The lowest BCUT2D eigenvalue weighted by molar-refractivity contribution is 0.0762. The van der Waals surface area contributed by atoms with Crippen LogP contribution in [0.2, 0.25) is 0 Å². The molecular formula is C15H22N2O3S. The average Bonchev–Trinajstić information content (AvgIpc) is 2.75. The SMILES string of the molecule is CCCS(=O)(=O)c1ccccc1C(=O)N1CCCNCC1. The maximum absolute atomic E-state index is 12.7. The van der Waals surface area contributed by atoms with E-state index in [2.05, 4.69) is 5.32 Å². The molecule has 0 radical (unpaired) electrons. The van der Waals surface area contributed by atoms with E-state index in [-0.39, 0.29) is 16.6 Å². The van der Waals surface area contributed by atoms with Crippen molar-refractivity contribution in [3.63, 3.8) is 0 Å². The molecule has 1 aliphatic rings. The van der Waals surface area contributed by atoms with Crippen LogP contribution >= 0.6 is 0 Å². The lowest BCUT2D eigenvalue weighted by Gasteiger charge is -2.21. The van der Waals surface area contributed by atoms with Crippen molar-refractivity contribution in [3.05, 3.63) is 29.8 Å². The van der Waals surface area contributed by atoms with Gasteiger partial charge in [0, 0.05) is 19.6 Å². The van der Waals surface area contributed by atoms with Gasteiger partial charge in [-0.2, -0.15) is 0 Å². The zero-order valence-electron chi connectivity index (χ0n) is 12.3. The van der Waals surface area contributed by atoms with Crippen molar-refractivity contribution in [1.29, 1.82) is 0 Å². The van der Waals surface area contributed by atoms with Crippen molar-refractivity contribution in [2.45, 2.75) is 24.7 Å². The molecule has 6 heteroatoms. The van der Waals surface area contributed by atoms with E-state index in [0.717, 1.165) is 19.5 Å². The molecule has 0 saturated carbocycles. The third-order valence-electron chi connectivity index (χ3n) is 3.55. The molecule has 1 amide bonds. The zero-order chi connectivity index (χ0) is 15.3. The molecule has 1 aromatic rings. The van der Waals surface area contributed by atoms with Gasteiger partial charge in [0.15, 0.2) is 9.84 Å². The van der Waals surface area contributed by atoms with Crippen molar-refractivity contribution in [1.82, 2.24) is 10.2 Å². The Balaban J connectivity index is 2.33. The fraction of sp³-hybridized carbons (Fsp3) is 0.533. The van der Waals surface area contributed by atoms with E-state index in [1.54, 1.807) is 23.1 Å². The first-order valence-electron chi connectivity index (χ1n) is 7.38. The van der Waals surface area contributed by atoms with Gasteiger partial charge in [-0.3, -0.25) is 4.79 Å². The number of nitrogens with zero attached hydrogens (tertiary/aromatic N) is 1. The maximum Gasteiger partial charge on any atom is 0.255 e. The highest BCUT2D eigenvalue weighted by molar-refractivity contribution is 7.91. The van der Waals surface area contributed by atoms with Gasteiger partial charge in [0.05, 0.1) is 16.2 Å². The predicted molar refractivity (Wildman–Crippen MR) is 82.2 cm³/mol. The van der Waals surface area contributed by atoms with E-state index >= 15 is 0 Å². The van der Waals surface area contributed by atoms with Crippen LogP contribution in [-0.4, -0.2) is 51.2 Å². The minimum atomic E-state index is -3.40. The van der Waals surface area contributed by atoms with Crippen LogP contribution in [-0.2, 0) is 9.84 Å². The zero-order valence-corrected chi connectivity index (χ0v) is 13.2. The summed E-state index contributed by atoms with van der Waals surface area (Å²) in [4.78, 5) is 14.6. The molecule has 0 spiro atoms. The first-order valence-corrected chi connectivity index (χ1v) is 9.03. The highest BCUT2D eigenvalue weighted by Crippen LogP contribution is 2.20. The largest absolute Gasteiger partial charge is 0.337 e. The molecule has 1 aliphatic heterocycles. The highest BCUT2D eigenvalue weighted by Gasteiger charge is 2.25. The van der Waals surface area contributed by atoms with Gasteiger partial charge in [-0.1, -0.05) is 19.1 Å². The number of hydrogen-bond donors (Lipinski definition) is 1. The van der Waals surface area contributed by atoms with Gasteiger partial charge in [0.25, 0.3) is 5.91 Å². The lowest BCUT2D eigenvalue weighted by atomic mass is 10.2. The van der Waals surface area contributed by atoms with E-state index in [4.69, 9.17) is 0 Å². The second kappa shape index (κ2) is 7.04. The van der Waals surface area contributed by atoms with Crippen LogP contribution in [0.3, 0.4) is 0 Å². The Kier molecular flexibility index (Phi) is 5.36. The molecule has 5 nitrogen and oxygen atoms in total.